The van der Waals surface area contributed by atoms with Gasteiger partial charge in [0.05, 0.1) is 15.4 Å². The van der Waals surface area contributed by atoms with Gasteiger partial charge in [0, 0.05) is 11.4 Å². The van der Waals surface area contributed by atoms with E-state index in [2.05, 4.69) is 0 Å². The number of aromatic carboxylic acids is 1. The van der Waals surface area contributed by atoms with Crippen LogP contribution in [0.3, 0.4) is 0 Å². The Bertz CT molecular complexity index is 767. The number of carboxylic acids is 1. The van der Waals surface area contributed by atoms with E-state index < -0.39 is 15.8 Å². The topological polar surface area (TPSA) is 123 Å². The lowest BCUT2D eigenvalue weighted by atomic mass is 10.2. The lowest BCUT2D eigenvalue weighted by molar-refractivity contribution is 0.0698. The lowest BCUT2D eigenvalue weighted by Crippen LogP contribution is -2.07. The molecule has 7 heteroatoms. The van der Waals surface area contributed by atoms with Crippen molar-refractivity contribution in [2.75, 3.05) is 11.5 Å². The maximum Gasteiger partial charge on any atom is 0.337 e. The van der Waals surface area contributed by atoms with Crippen LogP contribution in [0.15, 0.2) is 52.3 Å². The van der Waals surface area contributed by atoms with Gasteiger partial charge in [-0.2, -0.15) is 0 Å². The van der Waals surface area contributed by atoms with E-state index in [1.165, 1.54) is 36.4 Å². The summed E-state index contributed by atoms with van der Waals surface area (Å²) in [6.07, 6.45) is 0. The maximum atomic E-state index is 12.4. The summed E-state index contributed by atoms with van der Waals surface area (Å²) in [5.74, 6) is -1.28. The van der Waals surface area contributed by atoms with Crippen molar-refractivity contribution >= 4 is 27.2 Å². The van der Waals surface area contributed by atoms with E-state index in [9.17, 15) is 13.2 Å². The molecule has 0 aliphatic heterocycles. The first kappa shape index (κ1) is 13.9. The minimum atomic E-state index is -3.80. The van der Waals surface area contributed by atoms with Gasteiger partial charge >= 0.3 is 5.97 Å². The smallest absolute Gasteiger partial charge is 0.337 e. The Morgan fingerprint density at radius 2 is 1.50 bits per heavy atom. The van der Waals surface area contributed by atoms with Crippen LogP contribution < -0.4 is 11.5 Å². The van der Waals surface area contributed by atoms with Crippen LogP contribution in [0.4, 0.5) is 11.4 Å². The molecule has 2 rings (SSSR count). The molecule has 0 unspecified atom stereocenters. The molecule has 0 fully saturated rings. The summed E-state index contributed by atoms with van der Waals surface area (Å²) in [4.78, 5) is 10.9. The van der Waals surface area contributed by atoms with Crippen LogP contribution in [0.5, 0.6) is 0 Å². The van der Waals surface area contributed by atoms with E-state index in [0.29, 0.717) is 5.69 Å². The molecular weight excluding hydrogens is 280 g/mol. The van der Waals surface area contributed by atoms with Crippen molar-refractivity contribution in [1.82, 2.24) is 0 Å². The summed E-state index contributed by atoms with van der Waals surface area (Å²) >= 11 is 0. The molecule has 0 bridgehead atoms. The number of sulfone groups is 1. The van der Waals surface area contributed by atoms with E-state index in [1.807, 2.05) is 0 Å². The average Bonchev–Trinajstić information content (AvgIpc) is 2.39. The number of carbonyl (C=O) groups is 1. The highest BCUT2D eigenvalue weighted by atomic mass is 32.2. The zero-order valence-corrected chi connectivity index (χ0v) is 11.1. The van der Waals surface area contributed by atoms with Gasteiger partial charge < -0.3 is 16.6 Å². The van der Waals surface area contributed by atoms with Crippen molar-refractivity contribution in [3.63, 3.8) is 0 Å². The van der Waals surface area contributed by atoms with Crippen molar-refractivity contribution in [3.8, 4) is 0 Å². The molecule has 2 aromatic carbocycles. The molecule has 0 aliphatic carbocycles. The Labute approximate surface area is 115 Å². The SMILES string of the molecule is Nc1ccc(S(=O)(=O)c2ccc(N)c(C(=O)O)c2)cc1. The summed E-state index contributed by atoms with van der Waals surface area (Å²) < 4.78 is 24.7. The second kappa shape index (κ2) is 4.86. The van der Waals surface area contributed by atoms with E-state index >= 15 is 0 Å². The maximum absolute atomic E-state index is 12.4. The van der Waals surface area contributed by atoms with Crippen LogP contribution in [0.2, 0.25) is 0 Å². The molecule has 2 aromatic rings. The van der Waals surface area contributed by atoms with Crippen molar-refractivity contribution in [2.45, 2.75) is 9.79 Å². The number of hydrogen-bond donors (Lipinski definition) is 3. The number of rotatable bonds is 3. The molecule has 0 radical (unpaired) electrons. The Morgan fingerprint density at radius 3 is 2.05 bits per heavy atom. The van der Waals surface area contributed by atoms with Gasteiger partial charge in [-0.15, -0.1) is 0 Å². The Morgan fingerprint density at radius 1 is 0.950 bits per heavy atom. The minimum Gasteiger partial charge on any atom is -0.478 e. The number of nitrogens with two attached hydrogens (primary N) is 2. The molecule has 0 amide bonds. The van der Waals surface area contributed by atoms with Crippen LogP contribution in [0, 0.1) is 0 Å². The van der Waals surface area contributed by atoms with Crippen LogP contribution >= 0.6 is 0 Å². The first-order valence-corrected chi connectivity index (χ1v) is 7.04. The van der Waals surface area contributed by atoms with E-state index in [-0.39, 0.29) is 21.0 Å². The molecule has 0 spiro atoms. The van der Waals surface area contributed by atoms with E-state index in [4.69, 9.17) is 16.6 Å². The molecule has 0 saturated carbocycles. The molecule has 20 heavy (non-hydrogen) atoms. The fourth-order valence-corrected chi connectivity index (χ4v) is 2.96. The van der Waals surface area contributed by atoms with Gasteiger partial charge in [-0.1, -0.05) is 0 Å². The number of hydrogen-bond acceptors (Lipinski definition) is 5. The van der Waals surface area contributed by atoms with Crippen LogP contribution in [0.25, 0.3) is 0 Å². The van der Waals surface area contributed by atoms with E-state index in [0.717, 1.165) is 6.07 Å². The number of carboxylic acid groups (broad SMARTS) is 1. The Balaban J connectivity index is 2.58. The van der Waals surface area contributed by atoms with Crippen LogP contribution in [-0.2, 0) is 9.84 Å². The zero-order chi connectivity index (χ0) is 14.9. The molecule has 5 N–H and O–H groups in total. The van der Waals surface area contributed by atoms with Gasteiger partial charge in [0.2, 0.25) is 9.84 Å². The van der Waals surface area contributed by atoms with Gasteiger partial charge in [-0.05, 0) is 42.5 Å². The van der Waals surface area contributed by atoms with Gasteiger partial charge in [0.15, 0.2) is 0 Å². The predicted octanol–water partition coefficient (Wildman–Crippen LogP) is 1.38. The monoisotopic (exact) mass is 292 g/mol. The fraction of sp³-hybridized carbons (Fsp3) is 0. The molecule has 0 aromatic heterocycles. The minimum absolute atomic E-state index is 0.00811. The first-order chi connectivity index (χ1) is 9.32. The van der Waals surface area contributed by atoms with Gasteiger partial charge in [-0.3, -0.25) is 0 Å². The first-order valence-electron chi connectivity index (χ1n) is 5.56. The van der Waals surface area contributed by atoms with Crippen molar-refractivity contribution in [3.05, 3.63) is 48.0 Å². The normalized spacial score (nSPS) is 11.2. The zero-order valence-electron chi connectivity index (χ0n) is 10.3. The lowest BCUT2D eigenvalue weighted by Gasteiger charge is -2.07. The summed E-state index contributed by atoms with van der Waals surface area (Å²) in [6.45, 7) is 0. The standard InChI is InChI=1S/C13H12N2O4S/c14-8-1-3-9(4-2-8)20(18,19)10-5-6-12(15)11(7-10)13(16)17/h1-7H,14-15H2,(H,16,17). The second-order valence-corrected chi connectivity index (χ2v) is 6.08. The average molecular weight is 292 g/mol. The number of anilines is 2. The van der Waals surface area contributed by atoms with Gasteiger partial charge in [-0.25, -0.2) is 13.2 Å². The molecule has 6 nitrogen and oxygen atoms in total. The molecule has 0 saturated heterocycles. The van der Waals surface area contributed by atoms with Crippen LogP contribution in [-0.4, -0.2) is 19.5 Å². The highest BCUT2D eigenvalue weighted by Crippen LogP contribution is 2.24. The predicted molar refractivity (Wildman–Crippen MR) is 74.1 cm³/mol. The quantitative estimate of drug-likeness (QED) is 0.734. The third kappa shape index (κ3) is 2.43. The Kier molecular flexibility index (Phi) is 3.37. The molecule has 104 valence electrons. The van der Waals surface area contributed by atoms with Crippen LogP contribution in [0.1, 0.15) is 10.4 Å². The Hall–Kier alpha value is -2.54. The summed E-state index contributed by atoms with van der Waals surface area (Å²) in [7, 11) is -3.80. The largest absolute Gasteiger partial charge is 0.478 e. The third-order valence-electron chi connectivity index (χ3n) is 2.76. The van der Waals surface area contributed by atoms with Crippen molar-refractivity contribution in [2.24, 2.45) is 0 Å². The van der Waals surface area contributed by atoms with E-state index in [1.54, 1.807) is 0 Å². The van der Waals surface area contributed by atoms with Crippen molar-refractivity contribution < 1.29 is 18.3 Å². The molecule has 0 atom stereocenters. The highest BCUT2D eigenvalue weighted by molar-refractivity contribution is 7.91. The summed E-state index contributed by atoms with van der Waals surface area (Å²) in [6, 6.07) is 9.22. The highest BCUT2D eigenvalue weighted by Gasteiger charge is 2.20. The second-order valence-electron chi connectivity index (χ2n) is 4.13. The summed E-state index contributed by atoms with van der Waals surface area (Å²) in [5, 5.41) is 8.97. The molecule has 0 heterocycles. The number of nitrogen functional groups attached to an aromatic ring is 2. The number of benzene rings is 2. The molecular formula is C13H12N2O4S. The third-order valence-corrected chi connectivity index (χ3v) is 4.52. The summed E-state index contributed by atoms with van der Waals surface area (Å²) in [5.41, 5.74) is 11.2. The molecule has 0 aliphatic rings. The van der Waals surface area contributed by atoms with Crippen molar-refractivity contribution in [1.29, 1.82) is 0 Å². The van der Waals surface area contributed by atoms with Gasteiger partial charge in [0.1, 0.15) is 0 Å². The fourth-order valence-electron chi connectivity index (χ4n) is 1.67. The van der Waals surface area contributed by atoms with Gasteiger partial charge in [0.25, 0.3) is 0 Å².